The van der Waals surface area contributed by atoms with Crippen molar-refractivity contribution in [2.24, 2.45) is 0 Å². The molecule has 0 aliphatic rings. The Balaban J connectivity index is 2.14. The molecule has 0 atom stereocenters. The van der Waals surface area contributed by atoms with E-state index in [0.29, 0.717) is 24.2 Å². The minimum absolute atomic E-state index is 0.00273. The number of quaternary nitrogens is 1. The van der Waals surface area contributed by atoms with Gasteiger partial charge >= 0.3 is 11.9 Å². The van der Waals surface area contributed by atoms with E-state index in [4.69, 9.17) is 0 Å². The highest BCUT2D eigenvalue weighted by molar-refractivity contribution is 5.70. The van der Waals surface area contributed by atoms with Gasteiger partial charge < -0.3 is 30.2 Å². The number of aromatic hydroxyl groups is 2. The lowest BCUT2D eigenvalue weighted by molar-refractivity contribution is -0.926. The Morgan fingerprint density at radius 3 is 1.82 bits per heavy atom. The molecule has 0 spiro atoms. The van der Waals surface area contributed by atoms with Gasteiger partial charge in [-0.25, -0.2) is 9.59 Å². The van der Waals surface area contributed by atoms with E-state index in [-0.39, 0.29) is 42.2 Å². The van der Waals surface area contributed by atoms with Crippen molar-refractivity contribution in [3.8, 4) is 11.5 Å². The number of rotatable bonds is 11. The molecule has 0 bridgehead atoms. The van der Waals surface area contributed by atoms with Gasteiger partial charge in [-0.2, -0.15) is 0 Å². The fraction of sp³-hybridized carbons (Fsp3) is 0.300. The van der Waals surface area contributed by atoms with Gasteiger partial charge in [0.2, 0.25) is 0 Å². The Morgan fingerprint density at radius 2 is 1.32 bits per heavy atom. The van der Waals surface area contributed by atoms with Gasteiger partial charge in [0.05, 0.1) is 6.54 Å². The van der Waals surface area contributed by atoms with Crippen LogP contribution in [-0.2, 0) is 22.7 Å². The molecule has 2 aromatic rings. The molecule has 0 unspecified atom stereocenters. The summed E-state index contributed by atoms with van der Waals surface area (Å²) in [6.45, 7) is 0.216. The Kier molecular flexibility index (Phi) is 7.36. The lowest BCUT2D eigenvalue weighted by Crippen LogP contribution is -2.56. The lowest BCUT2D eigenvalue weighted by atomic mass is 10.1. The van der Waals surface area contributed by atoms with E-state index >= 15 is 0 Å². The number of carboxylic acids is 2. The average Bonchev–Trinajstić information content (AvgIpc) is 2.61. The van der Waals surface area contributed by atoms with E-state index < -0.39 is 11.9 Å². The molecule has 28 heavy (non-hydrogen) atoms. The van der Waals surface area contributed by atoms with Gasteiger partial charge in [-0.1, -0.05) is 30.3 Å². The molecule has 0 aliphatic carbocycles. The van der Waals surface area contributed by atoms with Crippen molar-refractivity contribution >= 4 is 11.9 Å². The van der Waals surface area contributed by atoms with Crippen LogP contribution < -0.4 is 5.32 Å². The number of phenols is 2. The number of benzene rings is 2. The van der Waals surface area contributed by atoms with E-state index in [1.165, 1.54) is 6.07 Å². The normalized spacial score (nSPS) is 11.3. The van der Waals surface area contributed by atoms with Gasteiger partial charge in [-0.15, -0.1) is 0 Å². The second kappa shape index (κ2) is 9.72. The van der Waals surface area contributed by atoms with Crippen molar-refractivity contribution in [3.63, 3.8) is 0 Å². The zero-order valence-corrected chi connectivity index (χ0v) is 15.4. The van der Waals surface area contributed by atoms with Crippen molar-refractivity contribution < 1.29 is 34.5 Å². The first kappa shape index (κ1) is 21.2. The molecule has 8 heteroatoms. The number of nitrogens with zero attached hydrogens (tertiary/aromatic N) is 1. The van der Waals surface area contributed by atoms with Crippen molar-refractivity contribution in [1.29, 1.82) is 0 Å². The Labute approximate surface area is 162 Å². The summed E-state index contributed by atoms with van der Waals surface area (Å²) < 4.78 is -0.254. The van der Waals surface area contributed by atoms with Crippen LogP contribution >= 0.6 is 0 Å². The summed E-state index contributed by atoms with van der Waals surface area (Å²) in [5.74, 6) is -2.07. The van der Waals surface area contributed by atoms with E-state index in [1.807, 2.05) is 0 Å². The second-order valence-corrected chi connectivity index (χ2v) is 6.76. The van der Waals surface area contributed by atoms with E-state index in [1.54, 1.807) is 42.5 Å². The molecule has 0 fully saturated rings. The quantitative estimate of drug-likeness (QED) is 0.290. The zero-order valence-electron chi connectivity index (χ0n) is 15.4. The molecule has 5 N–H and O–H groups in total. The molecule has 0 aromatic heterocycles. The molecule has 8 nitrogen and oxygen atoms in total. The topological polar surface area (TPSA) is 127 Å². The Bertz CT molecular complexity index is 808. The van der Waals surface area contributed by atoms with Crippen LogP contribution in [0.5, 0.6) is 11.5 Å². The van der Waals surface area contributed by atoms with Gasteiger partial charge in [0.25, 0.3) is 0 Å². The first-order valence-electron chi connectivity index (χ1n) is 8.84. The largest absolute Gasteiger partial charge is 0.508 e. The lowest BCUT2D eigenvalue weighted by Gasteiger charge is -2.36. The number of carbonyl (C=O) groups is 2. The standard InChI is InChI=1S/C20H24N2O6/c23-17-7-3-1-5-15(17)11-21-9-10-22(13-19(25)26,14-20(27)28)12-16-6-2-4-8-18(16)24/h1-8,21H,9-14H2,(H3-,23,24,25,26,27,28)/p+1. The number of aliphatic carboxylic acids is 2. The summed E-state index contributed by atoms with van der Waals surface area (Å²) in [6, 6.07) is 13.4. The van der Waals surface area contributed by atoms with Crippen LogP contribution in [0.2, 0.25) is 0 Å². The van der Waals surface area contributed by atoms with Crippen molar-refractivity contribution in [1.82, 2.24) is 5.32 Å². The molecule has 0 aliphatic heterocycles. The first-order valence-corrected chi connectivity index (χ1v) is 8.84. The number of phenolic OH excluding ortho intramolecular Hbond substituents is 2. The van der Waals surface area contributed by atoms with Gasteiger partial charge in [0.15, 0.2) is 13.1 Å². The van der Waals surface area contributed by atoms with Crippen LogP contribution in [0.3, 0.4) is 0 Å². The van der Waals surface area contributed by atoms with Crippen molar-refractivity contribution in [2.45, 2.75) is 13.1 Å². The molecule has 0 radical (unpaired) electrons. The summed E-state index contributed by atoms with van der Waals surface area (Å²) in [6.07, 6.45) is 0. The fourth-order valence-corrected chi connectivity index (χ4v) is 3.18. The second-order valence-electron chi connectivity index (χ2n) is 6.76. The highest BCUT2D eigenvalue weighted by atomic mass is 16.4. The molecule has 150 valence electrons. The van der Waals surface area contributed by atoms with Crippen molar-refractivity contribution in [3.05, 3.63) is 59.7 Å². The summed E-state index contributed by atoms with van der Waals surface area (Å²) >= 11 is 0. The van der Waals surface area contributed by atoms with Gasteiger partial charge in [-0.05, 0) is 18.2 Å². The van der Waals surface area contributed by atoms with Crippen LogP contribution in [0.25, 0.3) is 0 Å². The maximum Gasteiger partial charge on any atom is 0.359 e. The molecule has 2 aromatic carbocycles. The predicted molar refractivity (Wildman–Crippen MR) is 102 cm³/mol. The van der Waals surface area contributed by atoms with Crippen LogP contribution in [0.1, 0.15) is 11.1 Å². The molecular weight excluding hydrogens is 364 g/mol. The SMILES string of the molecule is O=C(O)C[N+](CCNCc1ccccc1O)(CC(=O)O)Cc1ccccc1O. The van der Waals surface area contributed by atoms with E-state index in [2.05, 4.69) is 5.32 Å². The zero-order chi connectivity index (χ0) is 20.6. The minimum atomic E-state index is -1.11. The molecular formula is C20H25N2O6+. The first-order chi connectivity index (χ1) is 13.3. The summed E-state index contributed by atoms with van der Waals surface area (Å²) in [7, 11) is 0. The number of nitrogens with one attached hydrogen (secondary N) is 1. The highest BCUT2D eigenvalue weighted by Crippen LogP contribution is 2.22. The smallest absolute Gasteiger partial charge is 0.359 e. The maximum absolute atomic E-state index is 11.4. The third kappa shape index (κ3) is 6.26. The number of carboxylic acid groups (broad SMARTS) is 2. The third-order valence-electron chi connectivity index (χ3n) is 4.51. The predicted octanol–water partition coefficient (Wildman–Crippen LogP) is 1.37. The maximum atomic E-state index is 11.4. The van der Waals surface area contributed by atoms with Gasteiger partial charge in [-0.3, -0.25) is 0 Å². The van der Waals surface area contributed by atoms with Crippen LogP contribution in [0.4, 0.5) is 0 Å². The highest BCUT2D eigenvalue weighted by Gasteiger charge is 2.34. The Hall–Kier alpha value is -3.10. The third-order valence-corrected chi connectivity index (χ3v) is 4.51. The molecule has 0 heterocycles. The number of hydrogen-bond donors (Lipinski definition) is 5. The monoisotopic (exact) mass is 389 g/mol. The van der Waals surface area contributed by atoms with Crippen LogP contribution in [0.15, 0.2) is 48.5 Å². The Morgan fingerprint density at radius 1 is 0.821 bits per heavy atom. The summed E-state index contributed by atoms with van der Waals surface area (Å²) in [5.41, 5.74) is 1.18. The van der Waals surface area contributed by atoms with Crippen LogP contribution in [0, 0.1) is 0 Å². The minimum Gasteiger partial charge on any atom is -0.508 e. The number of hydrogen-bond acceptors (Lipinski definition) is 5. The van der Waals surface area contributed by atoms with Crippen LogP contribution in [-0.4, -0.2) is 63.0 Å². The summed E-state index contributed by atoms with van der Waals surface area (Å²) in [4.78, 5) is 22.9. The number of para-hydroxylation sites is 2. The van der Waals surface area contributed by atoms with Crippen molar-refractivity contribution in [2.75, 3.05) is 26.2 Å². The van der Waals surface area contributed by atoms with E-state index in [0.717, 1.165) is 0 Å². The molecule has 0 saturated heterocycles. The molecule has 0 saturated carbocycles. The van der Waals surface area contributed by atoms with Gasteiger partial charge in [0.1, 0.15) is 18.0 Å². The van der Waals surface area contributed by atoms with E-state index in [9.17, 15) is 30.0 Å². The van der Waals surface area contributed by atoms with Gasteiger partial charge in [0, 0.05) is 24.2 Å². The molecule has 0 amide bonds. The summed E-state index contributed by atoms with van der Waals surface area (Å²) in [5, 5.41) is 41.7. The fourth-order valence-electron chi connectivity index (χ4n) is 3.18. The molecule has 2 rings (SSSR count). The average molecular weight is 389 g/mol.